The molecule has 0 fully saturated rings. The van der Waals surface area contributed by atoms with E-state index in [0.717, 1.165) is 27.9 Å². The molecule has 0 atom stereocenters. The summed E-state index contributed by atoms with van der Waals surface area (Å²) in [6.45, 7) is 9.50. The standard InChI is InChI=1S/C23H26N4O2/c1-11-13(3)18(8-6-16(11)24)26-22-15(5)23(21(29)10-20(22)28)27-19-9-7-17(25)12(2)14(19)4/h6-10,26,29H,24-25H2,1-5H3/b27-23+. The smallest absolute Gasteiger partial charge is 0.206 e. The number of anilines is 3. The molecule has 3 rings (SSSR count). The predicted octanol–water partition coefficient (Wildman–Crippen LogP) is 4.57. The van der Waals surface area contributed by atoms with Gasteiger partial charge in [-0.25, -0.2) is 4.99 Å². The van der Waals surface area contributed by atoms with E-state index < -0.39 is 0 Å². The lowest BCUT2D eigenvalue weighted by Gasteiger charge is -2.20. The number of ketones is 1. The van der Waals surface area contributed by atoms with Crippen LogP contribution in [0.5, 0.6) is 0 Å². The maximum Gasteiger partial charge on any atom is 0.206 e. The van der Waals surface area contributed by atoms with Crippen molar-refractivity contribution in [3.63, 3.8) is 0 Å². The number of rotatable bonds is 3. The Morgan fingerprint density at radius 3 is 2.10 bits per heavy atom. The maximum absolute atomic E-state index is 12.6. The van der Waals surface area contributed by atoms with Crippen LogP contribution >= 0.6 is 0 Å². The molecule has 6 heteroatoms. The van der Waals surface area contributed by atoms with Gasteiger partial charge in [0.25, 0.3) is 0 Å². The molecular formula is C23H26N4O2. The lowest BCUT2D eigenvalue weighted by atomic mass is 9.97. The van der Waals surface area contributed by atoms with Gasteiger partial charge in [-0.1, -0.05) is 0 Å². The lowest BCUT2D eigenvalue weighted by molar-refractivity contribution is -0.111. The van der Waals surface area contributed by atoms with Crippen molar-refractivity contribution in [3.05, 3.63) is 69.6 Å². The third-order valence-electron chi connectivity index (χ3n) is 5.61. The van der Waals surface area contributed by atoms with Crippen LogP contribution in [-0.2, 0) is 4.79 Å². The normalized spacial score (nSPS) is 15.7. The second-order valence-electron chi connectivity index (χ2n) is 7.36. The van der Waals surface area contributed by atoms with E-state index in [1.165, 1.54) is 6.08 Å². The topological polar surface area (TPSA) is 114 Å². The molecule has 2 aromatic rings. The summed E-state index contributed by atoms with van der Waals surface area (Å²) in [5, 5.41) is 13.6. The number of nitrogens with zero attached hydrogens (tertiary/aromatic N) is 1. The van der Waals surface area contributed by atoms with E-state index in [1.807, 2.05) is 39.8 Å². The van der Waals surface area contributed by atoms with E-state index >= 15 is 0 Å². The fraction of sp³-hybridized carbons (Fsp3) is 0.217. The first-order chi connectivity index (χ1) is 13.6. The molecule has 0 aromatic heterocycles. The minimum atomic E-state index is -0.307. The Morgan fingerprint density at radius 2 is 1.45 bits per heavy atom. The van der Waals surface area contributed by atoms with E-state index in [2.05, 4.69) is 10.3 Å². The Kier molecular flexibility index (Phi) is 5.20. The molecule has 0 spiro atoms. The van der Waals surface area contributed by atoms with Crippen molar-refractivity contribution in [1.82, 2.24) is 0 Å². The van der Waals surface area contributed by atoms with Gasteiger partial charge in [-0.15, -0.1) is 0 Å². The van der Waals surface area contributed by atoms with Gasteiger partial charge in [-0.2, -0.15) is 0 Å². The van der Waals surface area contributed by atoms with E-state index in [-0.39, 0.29) is 11.5 Å². The van der Waals surface area contributed by atoms with Gasteiger partial charge < -0.3 is 21.9 Å². The lowest BCUT2D eigenvalue weighted by Crippen LogP contribution is -2.23. The minimum Gasteiger partial charge on any atom is -0.506 e. The largest absolute Gasteiger partial charge is 0.506 e. The number of carbonyl (C=O) groups excluding carboxylic acids is 1. The maximum atomic E-state index is 12.6. The number of aliphatic hydroxyl groups is 1. The number of benzene rings is 2. The molecule has 2 aromatic carbocycles. The molecular weight excluding hydrogens is 364 g/mol. The predicted molar refractivity (Wildman–Crippen MR) is 120 cm³/mol. The quantitative estimate of drug-likeness (QED) is 0.453. The zero-order valence-corrected chi connectivity index (χ0v) is 17.3. The van der Waals surface area contributed by atoms with Gasteiger partial charge in [0.1, 0.15) is 11.5 Å². The van der Waals surface area contributed by atoms with Crippen LogP contribution in [0.25, 0.3) is 0 Å². The highest BCUT2D eigenvalue weighted by atomic mass is 16.3. The average Bonchev–Trinajstić information content (AvgIpc) is 2.67. The number of nitrogens with one attached hydrogen (secondary N) is 1. The van der Waals surface area contributed by atoms with Crippen LogP contribution in [0.15, 0.2) is 52.4 Å². The second kappa shape index (κ2) is 7.47. The van der Waals surface area contributed by atoms with Crippen LogP contribution in [0.4, 0.5) is 22.7 Å². The van der Waals surface area contributed by atoms with Crippen LogP contribution in [-0.4, -0.2) is 16.6 Å². The van der Waals surface area contributed by atoms with Crippen molar-refractivity contribution in [2.45, 2.75) is 34.6 Å². The zero-order chi connectivity index (χ0) is 21.5. The Hall–Kier alpha value is -3.54. The van der Waals surface area contributed by atoms with Crippen molar-refractivity contribution in [1.29, 1.82) is 0 Å². The Bertz CT molecular complexity index is 1120. The van der Waals surface area contributed by atoms with Crippen molar-refractivity contribution >= 4 is 34.2 Å². The Morgan fingerprint density at radius 1 is 0.862 bits per heavy atom. The van der Waals surface area contributed by atoms with Gasteiger partial charge in [-0.3, -0.25) is 4.79 Å². The first-order valence-electron chi connectivity index (χ1n) is 9.35. The highest BCUT2D eigenvalue weighted by Gasteiger charge is 2.25. The fourth-order valence-corrected chi connectivity index (χ4v) is 3.24. The number of aliphatic imine (C=N–C) groups is 1. The molecule has 6 nitrogen and oxygen atoms in total. The van der Waals surface area contributed by atoms with Crippen LogP contribution in [0.2, 0.25) is 0 Å². The summed E-state index contributed by atoms with van der Waals surface area (Å²) in [4.78, 5) is 17.2. The van der Waals surface area contributed by atoms with Gasteiger partial charge in [-0.05, 0) is 81.1 Å². The molecule has 0 saturated carbocycles. The molecule has 0 unspecified atom stereocenters. The molecule has 0 bridgehead atoms. The second-order valence-corrected chi connectivity index (χ2v) is 7.36. The van der Waals surface area contributed by atoms with Gasteiger partial charge in [0, 0.05) is 28.7 Å². The number of nitrogens with two attached hydrogens (primary N) is 2. The number of carbonyl (C=O) groups is 1. The van der Waals surface area contributed by atoms with E-state index in [0.29, 0.717) is 34.0 Å². The molecule has 0 amide bonds. The zero-order valence-electron chi connectivity index (χ0n) is 17.3. The van der Waals surface area contributed by atoms with Crippen LogP contribution < -0.4 is 16.8 Å². The van der Waals surface area contributed by atoms with Crippen molar-refractivity contribution in [2.24, 2.45) is 4.99 Å². The Balaban J connectivity index is 2.09. The summed E-state index contributed by atoms with van der Waals surface area (Å²) in [5.74, 6) is -0.463. The summed E-state index contributed by atoms with van der Waals surface area (Å²) in [5.41, 5.74) is 19.9. The van der Waals surface area contributed by atoms with Gasteiger partial charge in [0.2, 0.25) is 5.78 Å². The molecule has 6 N–H and O–H groups in total. The van der Waals surface area contributed by atoms with Crippen LogP contribution in [0, 0.1) is 27.7 Å². The fourth-order valence-electron chi connectivity index (χ4n) is 3.24. The summed E-state index contributed by atoms with van der Waals surface area (Å²) >= 11 is 0. The van der Waals surface area contributed by atoms with Crippen LogP contribution in [0.3, 0.4) is 0 Å². The van der Waals surface area contributed by atoms with Crippen molar-refractivity contribution in [2.75, 3.05) is 16.8 Å². The number of hydrogen-bond donors (Lipinski definition) is 4. The summed E-state index contributed by atoms with van der Waals surface area (Å²) in [6.07, 6.45) is 1.19. The third-order valence-corrected chi connectivity index (χ3v) is 5.61. The average molecular weight is 390 g/mol. The van der Waals surface area contributed by atoms with E-state index in [1.54, 1.807) is 19.1 Å². The van der Waals surface area contributed by atoms with Gasteiger partial charge in [0.05, 0.1) is 11.4 Å². The minimum absolute atomic E-state index is 0.155. The number of nitrogen functional groups attached to an aromatic ring is 2. The van der Waals surface area contributed by atoms with Gasteiger partial charge in [0.15, 0.2) is 0 Å². The molecule has 0 saturated heterocycles. The summed E-state index contributed by atoms with van der Waals surface area (Å²) < 4.78 is 0. The monoisotopic (exact) mass is 390 g/mol. The SMILES string of the molecule is CC1=C(Nc2ccc(N)c(C)c2C)C(=O)C=C(O)/C1=N/c1ccc(N)c(C)c1C. The van der Waals surface area contributed by atoms with E-state index in [9.17, 15) is 9.90 Å². The highest BCUT2D eigenvalue weighted by molar-refractivity contribution is 6.25. The molecule has 1 aliphatic rings. The van der Waals surface area contributed by atoms with Crippen molar-refractivity contribution in [3.8, 4) is 0 Å². The molecule has 0 heterocycles. The van der Waals surface area contributed by atoms with Gasteiger partial charge >= 0.3 is 0 Å². The molecule has 150 valence electrons. The first-order valence-corrected chi connectivity index (χ1v) is 9.35. The molecule has 0 radical (unpaired) electrons. The van der Waals surface area contributed by atoms with E-state index in [4.69, 9.17) is 11.5 Å². The number of hydrogen-bond acceptors (Lipinski definition) is 6. The first kappa shape index (κ1) is 20.2. The summed E-state index contributed by atoms with van der Waals surface area (Å²) in [7, 11) is 0. The molecule has 1 aliphatic carbocycles. The number of aliphatic hydroxyl groups excluding tert-OH is 1. The van der Waals surface area contributed by atoms with Crippen molar-refractivity contribution < 1.29 is 9.90 Å². The number of allylic oxidation sites excluding steroid dienone is 2. The highest BCUT2D eigenvalue weighted by Crippen LogP contribution is 2.31. The summed E-state index contributed by atoms with van der Waals surface area (Å²) in [6, 6.07) is 7.24. The molecule has 0 aliphatic heterocycles. The van der Waals surface area contributed by atoms with Crippen LogP contribution in [0.1, 0.15) is 29.2 Å². The molecule has 29 heavy (non-hydrogen) atoms. The Labute approximate surface area is 170 Å². The third kappa shape index (κ3) is 3.61.